The van der Waals surface area contributed by atoms with Crippen molar-refractivity contribution in [3.05, 3.63) is 146 Å². The fraction of sp³-hybridized carbons (Fsp3) is 0.0968. The van der Waals surface area contributed by atoms with Crippen LogP contribution in [0.1, 0.15) is 22.4 Å². The van der Waals surface area contributed by atoms with Gasteiger partial charge in [-0.25, -0.2) is 0 Å². The molecule has 0 aliphatic heterocycles. The second kappa shape index (κ2) is 18.2. The highest BCUT2D eigenvalue weighted by atomic mass is 15.0. The summed E-state index contributed by atoms with van der Waals surface area (Å²) in [5, 5.41) is 0. The molecule has 0 aliphatic rings. The first kappa shape index (κ1) is 28.8. The van der Waals surface area contributed by atoms with Gasteiger partial charge in [-0.15, -0.1) is 0 Å². The Hall–Kier alpha value is -4.28. The number of benzene rings is 1. The Morgan fingerprint density at radius 3 is 1.69 bits per heavy atom. The molecule has 0 amide bonds. The summed E-state index contributed by atoms with van der Waals surface area (Å²) >= 11 is 0. The molecular formula is C31H36N4. The maximum absolute atomic E-state index is 3.98. The van der Waals surface area contributed by atoms with E-state index in [2.05, 4.69) is 79.5 Å². The molecule has 0 bridgehead atoms. The molecule has 4 rings (SSSR count). The predicted molar refractivity (Wildman–Crippen MR) is 153 cm³/mol. The third-order valence-electron chi connectivity index (χ3n) is 4.39. The van der Waals surface area contributed by atoms with E-state index in [1.165, 1.54) is 11.1 Å². The lowest BCUT2D eigenvalue weighted by Crippen LogP contribution is -2.10. The fourth-order valence-corrected chi connectivity index (χ4v) is 2.59. The third-order valence-corrected chi connectivity index (χ3v) is 4.39. The van der Waals surface area contributed by atoms with Crippen molar-refractivity contribution in [2.75, 3.05) is 14.1 Å². The summed E-state index contributed by atoms with van der Waals surface area (Å²) < 4.78 is 1.89. The molecule has 35 heavy (non-hydrogen) atoms. The molecule has 0 atom stereocenters. The second-order valence-electron chi connectivity index (χ2n) is 7.44. The normalized spacial score (nSPS) is 9.11. The molecule has 180 valence electrons. The molecule has 3 aromatic heterocycles. The van der Waals surface area contributed by atoms with Crippen molar-refractivity contribution in [1.82, 2.24) is 19.4 Å². The first-order valence-corrected chi connectivity index (χ1v) is 11.2. The molecule has 0 saturated carbocycles. The van der Waals surface area contributed by atoms with Gasteiger partial charge in [-0.05, 0) is 73.3 Å². The Labute approximate surface area is 210 Å². The molecule has 0 spiro atoms. The minimum absolute atomic E-state index is 0.924. The molecule has 1 aromatic carbocycles. The molecule has 4 aromatic rings. The lowest BCUT2D eigenvalue weighted by Gasteiger charge is -2.09. The molecule has 3 heterocycles. The van der Waals surface area contributed by atoms with Gasteiger partial charge in [0.15, 0.2) is 0 Å². The number of hydrogen-bond acceptors (Lipinski definition) is 3. The molecule has 0 N–H and O–H groups in total. The molecule has 4 nitrogen and oxygen atoms in total. The van der Waals surface area contributed by atoms with Gasteiger partial charge in [0.25, 0.3) is 0 Å². The van der Waals surface area contributed by atoms with E-state index in [4.69, 9.17) is 0 Å². The number of aromatic nitrogens is 3. The van der Waals surface area contributed by atoms with Crippen molar-refractivity contribution < 1.29 is 0 Å². The highest BCUT2D eigenvalue weighted by Crippen LogP contribution is 2.06. The molecule has 0 fully saturated rings. The van der Waals surface area contributed by atoms with Gasteiger partial charge < -0.3 is 9.47 Å². The first-order chi connectivity index (χ1) is 17.0. The van der Waals surface area contributed by atoms with Crippen LogP contribution in [0.15, 0.2) is 124 Å². The summed E-state index contributed by atoms with van der Waals surface area (Å²) in [6, 6.07) is 21.9. The fourth-order valence-electron chi connectivity index (χ4n) is 2.59. The molecule has 0 radical (unpaired) electrons. The van der Waals surface area contributed by atoms with Crippen molar-refractivity contribution in [3.8, 4) is 0 Å². The largest absolute Gasteiger partial charge is 0.331 e. The Kier molecular flexibility index (Phi) is 14.9. The van der Waals surface area contributed by atoms with Gasteiger partial charge in [0, 0.05) is 43.7 Å². The Morgan fingerprint density at radius 2 is 1.31 bits per heavy atom. The summed E-state index contributed by atoms with van der Waals surface area (Å²) in [5.74, 6) is 0. The van der Waals surface area contributed by atoms with E-state index in [1.807, 2.05) is 65.5 Å². The van der Waals surface area contributed by atoms with Gasteiger partial charge in [-0.2, -0.15) is 0 Å². The standard InChI is InChI=1S/C11H15N.2C7H7N.C6H7N/c1-4-10-5-7-11(8-6-10)9-12(2)3;1-2-7-3-5-8-6-4-7;1-2-7-5-3-4-6-8-7;1-2-7-5-3-4-6-7/h4-8H,1,9H2,2-3H3;2*2-6H,1H2;2-6H,1H2. The first-order valence-electron chi connectivity index (χ1n) is 11.2. The van der Waals surface area contributed by atoms with E-state index < -0.39 is 0 Å². The van der Waals surface area contributed by atoms with E-state index in [9.17, 15) is 0 Å². The zero-order valence-electron chi connectivity index (χ0n) is 20.9. The molecule has 0 unspecified atom stereocenters. The van der Waals surface area contributed by atoms with Crippen LogP contribution in [0.3, 0.4) is 0 Å². The van der Waals surface area contributed by atoms with Crippen LogP contribution < -0.4 is 0 Å². The van der Waals surface area contributed by atoms with Crippen molar-refractivity contribution in [1.29, 1.82) is 0 Å². The molecule has 0 aliphatic carbocycles. The van der Waals surface area contributed by atoms with Gasteiger partial charge in [-0.1, -0.05) is 68.8 Å². The highest BCUT2D eigenvalue weighted by molar-refractivity contribution is 5.47. The van der Waals surface area contributed by atoms with E-state index in [0.717, 1.165) is 17.8 Å². The van der Waals surface area contributed by atoms with Gasteiger partial charge in [-0.3, -0.25) is 9.97 Å². The van der Waals surface area contributed by atoms with E-state index in [-0.39, 0.29) is 0 Å². The predicted octanol–water partition coefficient (Wildman–Crippen LogP) is 7.43. The van der Waals surface area contributed by atoms with Crippen LogP contribution in [0.4, 0.5) is 0 Å². The highest BCUT2D eigenvalue weighted by Gasteiger charge is 1.93. The number of pyridine rings is 2. The van der Waals surface area contributed by atoms with Gasteiger partial charge in [0.1, 0.15) is 0 Å². The molecule has 4 heteroatoms. The van der Waals surface area contributed by atoms with Crippen molar-refractivity contribution in [3.63, 3.8) is 0 Å². The van der Waals surface area contributed by atoms with Gasteiger partial charge in [0.05, 0.1) is 5.69 Å². The lowest BCUT2D eigenvalue weighted by molar-refractivity contribution is 0.402. The van der Waals surface area contributed by atoms with Gasteiger partial charge >= 0.3 is 0 Å². The topological polar surface area (TPSA) is 34.0 Å². The maximum Gasteiger partial charge on any atom is 0.0623 e. The Morgan fingerprint density at radius 1 is 0.714 bits per heavy atom. The summed E-state index contributed by atoms with van der Waals surface area (Å²) in [6.45, 7) is 15.4. The van der Waals surface area contributed by atoms with Gasteiger partial charge in [0.2, 0.25) is 0 Å². The van der Waals surface area contributed by atoms with Crippen LogP contribution in [0.2, 0.25) is 0 Å². The van der Waals surface area contributed by atoms with Crippen molar-refractivity contribution >= 4 is 24.4 Å². The average Bonchev–Trinajstić information content (AvgIpc) is 3.45. The minimum Gasteiger partial charge on any atom is -0.331 e. The zero-order valence-corrected chi connectivity index (χ0v) is 20.9. The van der Waals surface area contributed by atoms with E-state index in [1.54, 1.807) is 36.9 Å². The van der Waals surface area contributed by atoms with Crippen LogP contribution in [-0.4, -0.2) is 33.5 Å². The van der Waals surface area contributed by atoms with E-state index in [0.29, 0.717) is 0 Å². The van der Waals surface area contributed by atoms with Crippen LogP contribution in [0.25, 0.3) is 24.4 Å². The van der Waals surface area contributed by atoms with Crippen LogP contribution in [0.5, 0.6) is 0 Å². The number of nitrogens with zero attached hydrogens (tertiary/aromatic N) is 4. The van der Waals surface area contributed by atoms with Crippen LogP contribution >= 0.6 is 0 Å². The second-order valence-corrected chi connectivity index (χ2v) is 7.44. The Bertz CT molecular complexity index is 1040. The summed E-state index contributed by atoms with van der Waals surface area (Å²) in [7, 11) is 4.14. The minimum atomic E-state index is 0.924. The smallest absolute Gasteiger partial charge is 0.0623 e. The quantitative estimate of drug-likeness (QED) is 0.297. The number of hydrogen-bond donors (Lipinski definition) is 0. The number of rotatable bonds is 6. The third kappa shape index (κ3) is 13.8. The monoisotopic (exact) mass is 464 g/mol. The SMILES string of the molecule is C=Cc1ccc(CN(C)C)cc1.C=Cc1ccccn1.C=Cc1ccncc1.C=Cn1cccc1. The van der Waals surface area contributed by atoms with Crippen molar-refractivity contribution in [2.24, 2.45) is 0 Å². The molecule has 0 saturated heterocycles. The van der Waals surface area contributed by atoms with Crippen molar-refractivity contribution in [2.45, 2.75) is 6.54 Å². The van der Waals surface area contributed by atoms with E-state index >= 15 is 0 Å². The maximum atomic E-state index is 3.98. The zero-order chi connectivity index (χ0) is 25.7. The molecular weight excluding hydrogens is 428 g/mol. The van der Waals surface area contributed by atoms with Crippen LogP contribution in [-0.2, 0) is 6.54 Å². The summed E-state index contributed by atoms with van der Waals surface area (Å²) in [6.07, 6.45) is 16.2. The Balaban J connectivity index is 0.000000239. The van der Waals surface area contributed by atoms with Crippen LogP contribution in [0, 0.1) is 0 Å². The lowest BCUT2D eigenvalue weighted by atomic mass is 10.1. The average molecular weight is 465 g/mol. The summed E-state index contributed by atoms with van der Waals surface area (Å²) in [4.78, 5) is 9.98. The summed E-state index contributed by atoms with van der Waals surface area (Å²) in [5.41, 5.74) is 4.55.